The minimum Gasteiger partial charge on any atom is -0.490 e. The molecular formula is C60H67N9O7S. The number of pyridine rings is 1. The topological polar surface area (TPSA) is 173 Å². The second-order valence-corrected chi connectivity index (χ2v) is 22.9. The quantitative estimate of drug-likeness (QED) is 0.0599. The molecule has 2 saturated heterocycles. The molecule has 0 bridgehead atoms. The number of hydrogen-bond acceptors (Lipinski definition) is 14. The molecule has 3 aromatic heterocycles. The SMILES string of the molecule is Cc1cc(OC2CCC(OCCCN3CCN(c4ccc5c(C6CCC(=O)NC6=O)nn(C)c5c4)CC3)CC2)ccc1-c1ccc(N2CCc3cccc(C(=O)Nc4nc5ccccc5s4)c3C2)nc1C(=O)OC(C)(C)C. The lowest BCUT2D eigenvalue weighted by molar-refractivity contribution is -0.134. The maximum atomic E-state index is 14.0. The minimum absolute atomic E-state index is 0.0920. The van der Waals surface area contributed by atoms with Gasteiger partial charge in [0.2, 0.25) is 11.8 Å². The molecule has 4 aromatic carbocycles. The number of piperidine rings is 1. The second-order valence-electron chi connectivity index (χ2n) is 21.9. The van der Waals surface area contributed by atoms with E-state index < -0.39 is 17.5 Å². The number of aryl methyl sites for hydroxylation is 2. The van der Waals surface area contributed by atoms with Crippen molar-refractivity contribution in [3.63, 3.8) is 0 Å². The summed E-state index contributed by atoms with van der Waals surface area (Å²) in [6.45, 7) is 14.3. The summed E-state index contributed by atoms with van der Waals surface area (Å²) in [5.74, 6) is -0.167. The van der Waals surface area contributed by atoms with Crippen molar-refractivity contribution < 1.29 is 33.4 Å². The number of fused-ring (bicyclic) bond motifs is 3. The third-order valence-corrected chi connectivity index (χ3v) is 16.3. The highest BCUT2D eigenvalue weighted by Gasteiger charge is 2.33. The summed E-state index contributed by atoms with van der Waals surface area (Å²) in [6.07, 6.45) is 6.58. The van der Waals surface area contributed by atoms with Gasteiger partial charge in [0.15, 0.2) is 10.8 Å². The molecule has 3 amide bonds. The highest BCUT2D eigenvalue weighted by molar-refractivity contribution is 7.22. The third-order valence-electron chi connectivity index (χ3n) is 15.4. The monoisotopic (exact) mass is 1060 g/mol. The molecule has 77 heavy (non-hydrogen) atoms. The van der Waals surface area contributed by atoms with Gasteiger partial charge in [0, 0.05) is 88.1 Å². The number of amides is 3. The molecule has 0 radical (unpaired) electrons. The number of piperazine rings is 1. The van der Waals surface area contributed by atoms with Crippen LogP contribution < -0.4 is 25.2 Å². The van der Waals surface area contributed by atoms with E-state index in [9.17, 15) is 19.2 Å². The summed E-state index contributed by atoms with van der Waals surface area (Å²) < 4.78 is 21.8. The van der Waals surface area contributed by atoms with E-state index in [1.807, 2.05) is 106 Å². The lowest BCUT2D eigenvalue weighted by Crippen LogP contribution is -2.46. The normalized spacial score (nSPS) is 19.3. The molecule has 17 heteroatoms. The van der Waals surface area contributed by atoms with Crippen LogP contribution in [0.3, 0.4) is 0 Å². The number of thiazole rings is 1. The number of aromatic nitrogens is 4. The number of esters is 1. The predicted octanol–water partition coefficient (Wildman–Crippen LogP) is 9.76. The number of hydrogen-bond donors (Lipinski definition) is 2. The number of imide groups is 1. The first-order valence-electron chi connectivity index (χ1n) is 27.1. The number of benzene rings is 4. The average Bonchev–Trinajstić information content (AvgIpc) is 4.03. The number of rotatable bonds is 14. The van der Waals surface area contributed by atoms with Crippen LogP contribution in [0.25, 0.3) is 32.2 Å². The summed E-state index contributed by atoms with van der Waals surface area (Å²) in [7, 11) is 1.91. The van der Waals surface area contributed by atoms with Crippen LogP contribution in [-0.2, 0) is 39.1 Å². The van der Waals surface area contributed by atoms with Gasteiger partial charge in [-0.05, 0) is 156 Å². The Bertz CT molecular complexity index is 3330. The Kier molecular flexibility index (Phi) is 14.8. The maximum Gasteiger partial charge on any atom is 0.358 e. The smallest absolute Gasteiger partial charge is 0.358 e. The molecule has 400 valence electrons. The molecule has 1 aliphatic carbocycles. The number of nitrogens with one attached hydrogen (secondary N) is 2. The van der Waals surface area contributed by atoms with Crippen LogP contribution in [0.15, 0.2) is 91.0 Å². The van der Waals surface area contributed by atoms with E-state index in [0.717, 1.165) is 132 Å². The zero-order valence-electron chi connectivity index (χ0n) is 44.6. The van der Waals surface area contributed by atoms with E-state index in [-0.39, 0.29) is 35.6 Å². The zero-order chi connectivity index (χ0) is 53.4. The Balaban J connectivity index is 0.661. The first-order valence-corrected chi connectivity index (χ1v) is 28.0. The molecule has 0 spiro atoms. The first kappa shape index (κ1) is 51.9. The van der Waals surface area contributed by atoms with Gasteiger partial charge in [0.05, 0.1) is 39.6 Å². The number of carbonyl (C=O) groups excluding carboxylic acids is 4. The Labute approximate surface area is 453 Å². The fourth-order valence-electron chi connectivity index (χ4n) is 11.4. The molecule has 3 aliphatic heterocycles. The average molecular weight is 1060 g/mol. The maximum absolute atomic E-state index is 14.0. The molecule has 11 rings (SSSR count). The summed E-state index contributed by atoms with van der Waals surface area (Å²) >= 11 is 1.45. The fraction of sp³-hybridized carbons (Fsp3) is 0.417. The van der Waals surface area contributed by atoms with E-state index in [1.54, 1.807) is 0 Å². The molecule has 6 heterocycles. The summed E-state index contributed by atoms with van der Waals surface area (Å²) in [5, 5.41) is 11.7. The molecule has 16 nitrogen and oxygen atoms in total. The molecule has 3 fully saturated rings. The lowest BCUT2D eigenvalue weighted by atomic mass is 9.93. The van der Waals surface area contributed by atoms with Crippen molar-refractivity contribution in [3.05, 3.63) is 125 Å². The Morgan fingerprint density at radius 1 is 0.818 bits per heavy atom. The number of nitrogens with zero attached hydrogens (tertiary/aromatic N) is 7. The largest absolute Gasteiger partial charge is 0.490 e. The van der Waals surface area contributed by atoms with Crippen molar-refractivity contribution in [3.8, 4) is 16.9 Å². The van der Waals surface area contributed by atoms with E-state index in [1.165, 1.54) is 11.3 Å². The molecule has 1 saturated carbocycles. The lowest BCUT2D eigenvalue weighted by Gasteiger charge is -2.36. The van der Waals surface area contributed by atoms with Crippen molar-refractivity contribution in [2.24, 2.45) is 7.05 Å². The summed E-state index contributed by atoms with van der Waals surface area (Å²) in [6, 6.07) is 30.0. The Morgan fingerprint density at radius 3 is 2.39 bits per heavy atom. The van der Waals surface area contributed by atoms with Crippen LogP contribution >= 0.6 is 11.3 Å². The van der Waals surface area contributed by atoms with Crippen LogP contribution in [-0.4, -0.2) is 112 Å². The highest BCUT2D eigenvalue weighted by atomic mass is 32.1. The van der Waals surface area contributed by atoms with Gasteiger partial charge in [0.1, 0.15) is 17.2 Å². The summed E-state index contributed by atoms with van der Waals surface area (Å²) in [4.78, 5) is 68.8. The van der Waals surface area contributed by atoms with Gasteiger partial charge in [-0.2, -0.15) is 5.10 Å². The molecule has 1 unspecified atom stereocenters. The van der Waals surface area contributed by atoms with Gasteiger partial charge in [-0.15, -0.1) is 0 Å². The van der Waals surface area contributed by atoms with Crippen molar-refractivity contribution in [2.45, 2.75) is 109 Å². The van der Waals surface area contributed by atoms with E-state index in [2.05, 4.69) is 54.6 Å². The van der Waals surface area contributed by atoms with Crippen LogP contribution in [0, 0.1) is 6.92 Å². The Hall–Kier alpha value is -7.21. The van der Waals surface area contributed by atoms with Crippen molar-refractivity contribution in [2.75, 3.05) is 61.0 Å². The fourth-order valence-corrected chi connectivity index (χ4v) is 12.2. The highest BCUT2D eigenvalue weighted by Crippen LogP contribution is 2.37. The van der Waals surface area contributed by atoms with Gasteiger partial charge < -0.3 is 24.0 Å². The van der Waals surface area contributed by atoms with Crippen molar-refractivity contribution in [1.29, 1.82) is 0 Å². The van der Waals surface area contributed by atoms with Crippen LogP contribution in [0.4, 0.5) is 16.6 Å². The molecule has 4 aliphatic rings. The Morgan fingerprint density at radius 2 is 1.61 bits per heavy atom. The van der Waals surface area contributed by atoms with Gasteiger partial charge in [-0.3, -0.25) is 34.6 Å². The standard InChI is InChI=1S/C60H67N9O7S/c1-37-34-42(75-41-17-15-40(16-18-41)74-33-9-27-67-29-31-68(32-30-67)39-14-20-46-50(35-39)66(5)65-54(46)47-23-25-53(70)63-57(47)72)19-21-43(37)44-22-24-52(62-55(44)58(73)76-60(2,3)4)69-28-26-38-10-8-11-45(48(38)36-69)56(71)64-59-61-49-12-6-7-13-51(49)77-59/h6-8,10-14,19-22,24,34-35,40-41,47H,9,15-18,23,25-33,36H2,1-5H3,(H,61,64,71)(H,63,70,72). The number of ether oxygens (including phenoxy) is 3. The number of carbonyl (C=O) groups is 4. The van der Waals surface area contributed by atoms with Gasteiger partial charge in [-0.1, -0.05) is 41.7 Å². The van der Waals surface area contributed by atoms with Crippen LogP contribution in [0.2, 0.25) is 0 Å². The van der Waals surface area contributed by atoms with Crippen molar-refractivity contribution in [1.82, 2.24) is 30.0 Å². The van der Waals surface area contributed by atoms with E-state index >= 15 is 0 Å². The third kappa shape index (κ3) is 11.6. The van der Waals surface area contributed by atoms with Gasteiger partial charge in [0.25, 0.3) is 5.91 Å². The van der Waals surface area contributed by atoms with Gasteiger partial charge >= 0.3 is 5.97 Å². The second kappa shape index (κ2) is 22.0. The molecular weight excluding hydrogens is 991 g/mol. The molecule has 7 aromatic rings. The van der Waals surface area contributed by atoms with E-state index in [0.29, 0.717) is 54.4 Å². The zero-order valence-corrected chi connectivity index (χ0v) is 45.4. The minimum atomic E-state index is -0.730. The first-order chi connectivity index (χ1) is 37.2. The van der Waals surface area contributed by atoms with Gasteiger partial charge in [-0.25, -0.2) is 14.8 Å². The van der Waals surface area contributed by atoms with Crippen LogP contribution in [0.5, 0.6) is 5.75 Å². The number of para-hydroxylation sites is 1. The van der Waals surface area contributed by atoms with Crippen LogP contribution in [0.1, 0.15) is 115 Å². The van der Waals surface area contributed by atoms with Crippen molar-refractivity contribution >= 4 is 72.8 Å². The predicted molar refractivity (Wildman–Crippen MR) is 300 cm³/mol. The molecule has 1 atom stereocenters. The summed E-state index contributed by atoms with van der Waals surface area (Å²) in [5.41, 5.74) is 8.39. The number of anilines is 3. The molecule has 2 N–H and O–H groups in total. The van der Waals surface area contributed by atoms with E-state index in [4.69, 9.17) is 24.3 Å².